The number of ether oxygens (including phenoxy) is 2. The molecule has 3 aliphatic rings. The Morgan fingerprint density at radius 1 is 1.26 bits per heavy atom. The van der Waals surface area contributed by atoms with Crippen molar-refractivity contribution < 1.29 is 33.4 Å². The summed E-state index contributed by atoms with van der Waals surface area (Å²) in [6.45, 7) is 1.79. The lowest BCUT2D eigenvalue weighted by molar-refractivity contribution is -0.148. The summed E-state index contributed by atoms with van der Waals surface area (Å²) < 4.78 is 9.75. The average Bonchev–Trinajstić information content (AvgIpc) is 3.20. The number of hydrogen-bond acceptors (Lipinski definition) is 8. The highest BCUT2D eigenvalue weighted by atomic mass is 32.2. The molecule has 2 heterocycles. The lowest BCUT2D eigenvalue weighted by atomic mass is 9.73. The van der Waals surface area contributed by atoms with Crippen LogP contribution in [0.3, 0.4) is 0 Å². The Morgan fingerprint density at radius 2 is 2.03 bits per heavy atom. The SMILES string of the molecule is COC(=O)/C=C1/SCC(=O)N1CCCOC(=O)CN1C(=O)NC2(CCCCC2C)C1=O. The minimum absolute atomic E-state index is 0.0156. The summed E-state index contributed by atoms with van der Waals surface area (Å²) >= 11 is 1.24. The van der Waals surface area contributed by atoms with Crippen molar-refractivity contribution in [3.8, 4) is 0 Å². The van der Waals surface area contributed by atoms with Gasteiger partial charge in [-0.15, -0.1) is 0 Å². The number of carbonyl (C=O) groups is 5. The molecule has 170 valence electrons. The molecule has 4 amide bonds. The quantitative estimate of drug-likeness (QED) is 0.262. The van der Waals surface area contributed by atoms with E-state index in [-0.39, 0.29) is 36.6 Å². The van der Waals surface area contributed by atoms with Gasteiger partial charge in [0.2, 0.25) is 5.91 Å². The largest absolute Gasteiger partial charge is 0.466 e. The number of amides is 4. The van der Waals surface area contributed by atoms with E-state index in [9.17, 15) is 24.0 Å². The van der Waals surface area contributed by atoms with Crippen LogP contribution in [0, 0.1) is 5.92 Å². The van der Waals surface area contributed by atoms with Crippen LogP contribution in [0.4, 0.5) is 4.79 Å². The fraction of sp³-hybridized carbons (Fsp3) is 0.650. The summed E-state index contributed by atoms with van der Waals surface area (Å²) in [6, 6.07) is -0.562. The molecule has 10 nitrogen and oxygen atoms in total. The van der Waals surface area contributed by atoms with Crippen LogP contribution in [0.1, 0.15) is 39.0 Å². The van der Waals surface area contributed by atoms with Crippen LogP contribution in [0.2, 0.25) is 0 Å². The average molecular weight is 454 g/mol. The van der Waals surface area contributed by atoms with E-state index in [2.05, 4.69) is 10.1 Å². The number of methoxy groups -OCH3 is 1. The molecular formula is C20H27N3O7S. The highest BCUT2D eigenvalue weighted by Crippen LogP contribution is 2.38. The van der Waals surface area contributed by atoms with Gasteiger partial charge in [-0.25, -0.2) is 9.59 Å². The molecule has 0 aromatic heterocycles. The third-order valence-electron chi connectivity index (χ3n) is 5.93. The summed E-state index contributed by atoms with van der Waals surface area (Å²) in [6.07, 6.45) is 4.90. The van der Waals surface area contributed by atoms with Crippen LogP contribution in [-0.2, 0) is 28.7 Å². The molecular weight excluding hydrogens is 426 g/mol. The van der Waals surface area contributed by atoms with Gasteiger partial charge in [-0.3, -0.25) is 19.3 Å². The van der Waals surface area contributed by atoms with Crippen LogP contribution < -0.4 is 5.32 Å². The Bertz CT molecular complexity index is 815. The molecule has 0 aromatic carbocycles. The molecule has 2 aliphatic heterocycles. The fourth-order valence-corrected chi connectivity index (χ4v) is 5.11. The third-order valence-corrected chi connectivity index (χ3v) is 6.96. The summed E-state index contributed by atoms with van der Waals surface area (Å²) in [5, 5.41) is 3.29. The Hall–Kier alpha value is -2.56. The number of esters is 2. The predicted octanol–water partition coefficient (Wildman–Crippen LogP) is 1.01. The van der Waals surface area contributed by atoms with E-state index in [0.29, 0.717) is 17.9 Å². The first kappa shape index (κ1) is 23.1. The van der Waals surface area contributed by atoms with Crippen molar-refractivity contribution in [2.75, 3.05) is 32.6 Å². The lowest BCUT2D eigenvalue weighted by Gasteiger charge is -2.36. The van der Waals surface area contributed by atoms with Crippen LogP contribution in [0.15, 0.2) is 11.1 Å². The molecule has 1 saturated carbocycles. The first-order valence-electron chi connectivity index (χ1n) is 10.3. The highest BCUT2D eigenvalue weighted by molar-refractivity contribution is 8.04. The van der Waals surface area contributed by atoms with Crippen molar-refractivity contribution in [1.82, 2.24) is 15.1 Å². The number of carbonyl (C=O) groups excluding carboxylic acids is 5. The topological polar surface area (TPSA) is 122 Å². The maximum atomic E-state index is 12.9. The zero-order valence-electron chi connectivity index (χ0n) is 17.7. The molecule has 1 spiro atoms. The van der Waals surface area contributed by atoms with Gasteiger partial charge in [0.1, 0.15) is 12.1 Å². The van der Waals surface area contributed by atoms with Crippen LogP contribution in [0.5, 0.6) is 0 Å². The second-order valence-corrected chi connectivity index (χ2v) is 8.85. The molecule has 3 fully saturated rings. The van der Waals surface area contributed by atoms with E-state index < -0.39 is 30.1 Å². The summed E-state index contributed by atoms with van der Waals surface area (Å²) in [4.78, 5) is 63.2. The van der Waals surface area contributed by atoms with Crippen molar-refractivity contribution in [3.63, 3.8) is 0 Å². The van der Waals surface area contributed by atoms with E-state index in [1.54, 1.807) is 0 Å². The van der Waals surface area contributed by atoms with Crippen molar-refractivity contribution in [3.05, 3.63) is 11.1 Å². The van der Waals surface area contributed by atoms with Crippen LogP contribution in [0.25, 0.3) is 0 Å². The first-order chi connectivity index (χ1) is 14.8. The molecule has 2 unspecified atom stereocenters. The van der Waals surface area contributed by atoms with Gasteiger partial charge in [0.15, 0.2) is 0 Å². The van der Waals surface area contributed by atoms with Crippen LogP contribution >= 0.6 is 11.8 Å². The Morgan fingerprint density at radius 3 is 2.74 bits per heavy atom. The van der Waals surface area contributed by atoms with Gasteiger partial charge in [-0.2, -0.15) is 0 Å². The zero-order valence-corrected chi connectivity index (χ0v) is 18.5. The van der Waals surface area contributed by atoms with Crippen molar-refractivity contribution in [2.45, 2.75) is 44.6 Å². The Labute approximate surface area is 184 Å². The van der Waals surface area contributed by atoms with E-state index >= 15 is 0 Å². The molecule has 0 radical (unpaired) electrons. The number of urea groups is 1. The van der Waals surface area contributed by atoms with E-state index in [1.165, 1.54) is 29.8 Å². The monoisotopic (exact) mass is 453 g/mol. The molecule has 2 saturated heterocycles. The van der Waals surface area contributed by atoms with Gasteiger partial charge >= 0.3 is 18.0 Å². The number of nitrogens with one attached hydrogen (secondary N) is 1. The number of nitrogens with zero attached hydrogens (tertiary/aromatic N) is 2. The Kier molecular flexibility index (Phi) is 7.24. The van der Waals surface area contributed by atoms with Crippen molar-refractivity contribution in [2.24, 2.45) is 5.92 Å². The third kappa shape index (κ3) is 4.86. The van der Waals surface area contributed by atoms with Crippen molar-refractivity contribution in [1.29, 1.82) is 0 Å². The summed E-state index contributed by atoms with van der Waals surface area (Å²) in [7, 11) is 1.26. The molecule has 1 N–H and O–H groups in total. The highest BCUT2D eigenvalue weighted by Gasteiger charge is 2.55. The summed E-state index contributed by atoms with van der Waals surface area (Å²) in [5.74, 6) is -1.49. The van der Waals surface area contributed by atoms with E-state index in [0.717, 1.165) is 24.2 Å². The van der Waals surface area contributed by atoms with Gasteiger partial charge in [0.25, 0.3) is 5.91 Å². The maximum absolute atomic E-state index is 12.9. The minimum Gasteiger partial charge on any atom is -0.466 e. The van der Waals surface area contributed by atoms with Crippen LogP contribution in [-0.4, -0.2) is 77.7 Å². The van der Waals surface area contributed by atoms with E-state index in [4.69, 9.17) is 4.74 Å². The molecule has 11 heteroatoms. The van der Waals surface area contributed by atoms with Crippen molar-refractivity contribution >= 4 is 41.5 Å². The Balaban J connectivity index is 1.47. The standard InChI is InChI=1S/C20H27N3O7S/c1-13-6-3-4-7-20(13)18(27)23(19(28)21-20)11-17(26)30-9-5-8-22-14(24)12-31-15(22)10-16(25)29-2/h10,13H,3-9,11-12H2,1-2H3,(H,21,28)/b15-10+. The minimum atomic E-state index is -0.911. The lowest BCUT2D eigenvalue weighted by Crippen LogP contribution is -2.54. The van der Waals surface area contributed by atoms with E-state index in [1.807, 2.05) is 6.92 Å². The van der Waals surface area contributed by atoms with Gasteiger partial charge in [0, 0.05) is 6.54 Å². The predicted molar refractivity (Wildman–Crippen MR) is 110 cm³/mol. The molecule has 3 rings (SSSR count). The molecule has 31 heavy (non-hydrogen) atoms. The number of hydrogen-bond donors (Lipinski definition) is 1. The first-order valence-corrected chi connectivity index (χ1v) is 11.3. The molecule has 2 atom stereocenters. The maximum Gasteiger partial charge on any atom is 0.333 e. The second-order valence-electron chi connectivity index (χ2n) is 7.85. The zero-order chi connectivity index (χ0) is 22.6. The molecule has 0 aromatic rings. The van der Waals surface area contributed by atoms with Gasteiger partial charge in [-0.05, 0) is 25.2 Å². The number of imide groups is 1. The van der Waals surface area contributed by atoms with Gasteiger partial charge in [0.05, 0.1) is 30.6 Å². The van der Waals surface area contributed by atoms with Gasteiger partial charge in [-0.1, -0.05) is 31.5 Å². The normalized spacial score (nSPS) is 27.2. The number of thioether (sulfide) groups is 1. The van der Waals surface area contributed by atoms with Gasteiger partial charge < -0.3 is 19.7 Å². The molecule has 0 bridgehead atoms. The molecule has 1 aliphatic carbocycles. The fourth-order valence-electron chi connectivity index (χ4n) is 4.15. The summed E-state index contributed by atoms with van der Waals surface area (Å²) in [5.41, 5.74) is -0.911. The number of rotatable bonds is 7. The second kappa shape index (κ2) is 9.71. The smallest absolute Gasteiger partial charge is 0.333 e.